The molecular weight excluding hydrogens is 353 g/mol. The molecule has 1 saturated heterocycles. The number of guanidine groups is 1. The Morgan fingerprint density at radius 2 is 1.93 bits per heavy atom. The quantitative estimate of drug-likeness (QED) is 0.597. The number of nitrogens with two attached hydrogens (primary N) is 2. The molecular formula is C17H20FN7O2. The minimum Gasteiger partial charge on any atom is -0.443 e. The molecule has 0 aliphatic carbocycles. The van der Waals surface area contributed by atoms with Crippen molar-refractivity contribution in [1.82, 2.24) is 9.97 Å². The third-order valence-corrected chi connectivity index (χ3v) is 4.12. The number of nitrogens with zero attached hydrogens (tertiary/aromatic N) is 5. The van der Waals surface area contributed by atoms with Gasteiger partial charge in [0.15, 0.2) is 11.8 Å². The molecule has 9 nitrogen and oxygen atoms in total. The van der Waals surface area contributed by atoms with Gasteiger partial charge >= 0.3 is 6.09 Å². The Morgan fingerprint density at radius 1 is 1.19 bits per heavy atom. The lowest BCUT2D eigenvalue weighted by molar-refractivity contribution is 0.149. The van der Waals surface area contributed by atoms with Gasteiger partial charge in [-0.25, -0.2) is 14.2 Å². The van der Waals surface area contributed by atoms with Gasteiger partial charge in [0.2, 0.25) is 0 Å². The van der Waals surface area contributed by atoms with Gasteiger partial charge in [-0.15, -0.1) is 4.99 Å². The maximum absolute atomic E-state index is 14.8. The highest BCUT2D eigenvalue weighted by atomic mass is 19.1. The van der Waals surface area contributed by atoms with Gasteiger partial charge in [-0.2, -0.15) is 0 Å². The third-order valence-electron chi connectivity index (χ3n) is 4.12. The second-order valence-corrected chi connectivity index (χ2v) is 5.88. The van der Waals surface area contributed by atoms with Crippen molar-refractivity contribution in [3.05, 3.63) is 48.2 Å². The van der Waals surface area contributed by atoms with Crippen LogP contribution in [0.5, 0.6) is 0 Å². The number of hydrogen-bond donors (Lipinski definition) is 2. The highest BCUT2D eigenvalue weighted by Crippen LogP contribution is 2.25. The number of hydrogen-bond acceptors (Lipinski definition) is 6. The van der Waals surface area contributed by atoms with Crippen molar-refractivity contribution in [3.8, 4) is 0 Å². The number of benzene rings is 1. The van der Waals surface area contributed by atoms with Crippen LogP contribution in [-0.4, -0.2) is 48.2 Å². The number of ether oxygens (including phenoxy) is 1. The van der Waals surface area contributed by atoms with Crippen molar-refractivity contribution in [2.75, 3.05) is 36.0 Å². The van der Waals surface area contributed by atoms with E-state index in [0.717, 1.165) is 5.82 Å². The van der Waals surface area contributed by atoms with Crippen LogP contribution in [0, 0.1) is 5.82 Å². The van der Waals surface area contributed by atoms with Crippen molar-refractivity contribution < 1.29 is 13.9 Å². The van der Waals surface area contributed by atoms with Gasteiger partial charge in [0.1, 0.15) is 12.4 Å². The van der Waals surface area contributed by atoms with Crippen LogP contribution in [0.25, 0.3) is 0 Å². The highest BCUT2D eigenvalue weighted by Gasteiger charge is 2.21. The minimum absolute atomic E-state index is 0.253. The molecule has 0 spiro atoms. The predicted molar refractivity (Wildman–Crippen MR) is 98.9 cm³/mol. The van der Waals surface area contributed by atoms with E-state index in [1.54, 1.807) is 36.8 Å². The smallest absolute Gasteiger partial charge is 0.437 e. The Morgan fingerprint density at radius 3 is 2.59 bits per heavy atom. The summed E-state index contributed by atoms with van der Waals surface area (Å²) in [6, 6.07) is 4.98. The SMILES string of the molecule is NC(N)=NC(=O)OCc1cccc(N2CCN(c3cnccn3)CC2)c1F. The van der Waals surface area contributed by atoms with E-state index >= 15 is 0 Å². The molecule has 0 atom stereocenters. The molecule has 2 aromatic rings. The zero-order valence-corrected chi connectivity index (χ0v) is 14.6. The van der Waals surface area contributed by atoms with Gasteiger partial charge in [0.25, 0.3) is 0 Å². The van der Waals surface area contributed by atoms with E-state index in [1.165, 1.54) is 0 Å². The van der Waals surface area contributed by atoms with Crippen LogP contribution in [0.2, 0.25) is 0 Å². The first-order chi connectivity index (χ1) is 13.0. The number of carbonyl (C=O) groups is 1. The average Bonchev–Trinajstić information content (AvgIpc) is 2.67. The molecule has 1 fully saturated rings. The van der Waals surface area contributed by atoms with Crippen molar-refractivity contribution in [3.63, 3.8) is 0 Å². The first-order valence-corrected chi connectivity index (χ1v) is 8.34. The molecule has 27 heavy (non-hydrogen) atoms. The molecule has 0 radical (unpaired) electrons. The van der Waals surface area contributed by atoms with Gasteiger partial charge in [0.05, 0.1) is 11.9 Å². The fourth-order valence-corrected chi connectivity index (χ4v) is 2.83. The topological polar surface area (TPSA) is 123 Å². The second-order valence-electron chi connectivity index (χ2n) is 5.88. The molecule has 0 unspecified atom stereocenters. The highest BCUT2D eigenvalue weighted by molar-refractivity contribution is 5.87. The molecule has 1 aliphatic heterocycles. The number of piperazine rings is 1. The zero-order chi connectivity index (χ0) is 19.2. The number of aliphatic imine (C=N–C) groups is 1. The van der Waals surface area contributed by atoms with E-state index in [9.17, 15) is 9.18 Å². The van der Waals surface area contributed by atoms with Crippen molar-refractivity contribution in [2.45, 2.75) is 6.61 Å². The summed E-state index contributed by atoms with van der Waals surface area (Å²) in [5.41, 5.74) is 10.9. The minimum atomic E-state index is -0.961. The molecule has 0 bridgehead atoms. The monoisotopic (exact) mass is 373 g/mol. The Balaban J connectivity index is 1.64. The summed E-state index contributed by atoms with van der Waals surface area (Å²) in [7, 11) is 0. The maximum Gasteiger partial charge on any atom is 0.437 e. The molecule has 2 heterocycles. The van der Waals surface area contributed by atoms with Crippen molar-refractivity contribution in [1.29, 1.82) is 0 Å². The van der Waals surface area contributed by atoms with Gasteiger partial charge in [-0.1, -0.05) is 12.1 Å². The van der Waals surface area contributed by atoms with E-state index in [4.69, 9.17) is 16.2 Å². The number of rotatable bonds is 4. The summed E-state index contributed by atoms with van der Waals surface area (Å²) in [5, 5.41) is 0. The number of aromatic nitrogens is 2. The molecule has 0 saturated carbocycles. The molecule has 4 N–H and O–H groups in total. The van der Waals surface area contributed by atoms with Crippen LogP contribution in [0.3, 0.4) is 0 Å². The summed E-state index contributed by atoms with van der Waals surface area (Å²) in [5.74, 6) is -0.0313. The molecule has 3 rings (SSSR count). The summed E-state index contributed by atoms with van der Waals surface area (Å²) < 4.78 is 19.7. The molecule has 1 amide bonds. The van der Waals surface area contributed by atoms with Crippen LogP contribution in [0.1, 0.15) is 5.56 Å². The first-order valence-electron chi connectivity index (χ1n) is 8.34. The van der Waals surface area contributed by atoms with Gasteiger partial charge < -0.3 is 26.0 Å². The van der Waals surface area contributed by atoms with Gasteiger partial charge in [0, 0.05) is 44.1 Å². The van der Waals surface area contributed by atoms with E-state index in [0.29, 0.717) is 31.9 Å². The maximum atomic E-state index is 14.8. The number of halogens is 1. The van der Waals surface area contributed by atoms with Crippen molar-refractivity contribution in [2.24, 2.45) is 16.5 Å². The standard InChI is InChI=1S/C17H20FN7O2/c18-15-12(11-27-17(26)23-16(19)20)2-1-3-13(15)24-6-8-25(9-7-24)14-10-21-4-5-22-14/h1-5,10H,6-9,11H2,(H4,19,20,23,26). The lowest BCUT2D eigenvalue weighted by Crippen LogP contribution is -2.47. The van der Waals surface area contributed by atoms with Crippen LogP contribution >= 0.6 is 0 Å². The van der Waals surface area contributed by atoms with E-state index in [2.05, 4.69) is 19.9 Å². The normalized spacial score (nSPS) is 14.0. The molecule has 1 aliphatic rings. The fraction of sp³-hybridized carbons (Fsp3) is 0.294. The number of carbonyl (C=O) groups excluding carboxylic acids is 1. The molecule has 10 heteroatoms. The van der Waals surface area contributed by atoms with Gasteiger partial charge in [-0.05, 0) is 6.07 Å². The lowest BCUT2D eigenvalue weighted by atomic mass is 10.1. The second kappa shape index (κ2) is 8.30. The Bertz CT molecular complexity index is 819. The Labute approximate surface area is 155 Å². The summed E-state index contributed by atoms with van der Waals surface area (Å²) in [6.07, 6.45) is 4.02. The third kappa shape index (κ3) is 4.60. The largest absolute Gasteiger partial charge is 0.443 e. The molecule has 142 valence electrons. The molecule has 1 aromatic carbocycles. The van der Waals surface area contributed by atoms with E-state index in [-0.39, 0.29) is 12.2 Å². The van der Waals surface area contributed by atoms with Crippen LogP contribution in [-0.2, 0) is 11.3 Å². The lowest BCUT2D eigenvalue weighted by Gasteiger charge is -2.36. The van der Waals surface area contributed by atoms with Gasteiger partial charge in [-0.3, -0.25) is 4.98 Å². The van der Waals surface area contributed by atoms with E-state index in [1.807, 2.05) is 4.90 Å². The summed E-state index contributed by atoms with van der Waals surface area (Å²) >= 11 is 0. The summed E-state index contributed by atoms with van der Waals surface area (Å²) in [6.45, 7) is 2.40. The number of anilines is 2. The zero-order valence-electron chi connectivity index (χ0n) is 14.6. The van der Waals surface area contributed by atoms with Crippen molar-refractivity contribution >= 4 is 23.6 Å². The Hall–Kier alpha value is -3.43. The number of amides is 1. The molecule has 1 aromatic heterocycles. The predicted octanol–water partition coefficient (Wildman–Crippen LogP) is 0.852. The fourth-order valence-electron chi connectivity index (χ4n) is 2.83. The summed E-state index contributed by atoms with van der Waals surface area (Å²) in [4.78, 5) is 27.0. The Kier molecular flexibility index (Phi) is 5.64. The first kappa shape index (κ1) is 18.4. The van der Waals surface area contributed by atoms with E-state index < -0.39 is 17.9 Å². The van der Waals surface area contributed by atoms with Crippen LogP contribution in [0.15, 0.2) is 41.8 Å². The average molecular weight is 373 g/mol. The van der Waals surface area contributed by atoms with Crippen LogP contribution in [0.4, 0.5) is 20.7 Å². The van der Waals surface area contributed by atoms with Crippen LogP contribution < -0.4 is 21.3 Å².